The van der Waals surface area contributed by atoms with Crippen LogP contribution in [-0.2, 0) is 116 Å². The van der Waals surface area contributed by atoms with Crippen LogP contribution < -0.4 is 18.9 Å². The van der Waals surface area contributed by atoms with Crippen molar-refractivity contribution < 1.29 is 111 Å². The lowest BCUT2D eigenvalue weighted by Crippen LogP contribution is -2.30. The highest BCUT2D eigenvalue weighted by molar-refractivity contribution is 7.90. The maximum Gasteiger partial charge on any atom is 0.335 e. The Kier molecular flexibility index (Phi) is 37.8. The van der Waals surface area contributed by atoms with E-state index in [1.165, 1.54) is 150 Å². The molecule has 1 aliphatic rings. The zero-order chi connectivity index (χ0) is 105. The second-order valence-corrected chi connectivity index (χ2v) is 42.3. The number of nitriles is 2. The van der Waals surface area contributed by atoms with Crippen molar-refractivity contribution in [2.24, 2.45) is 0 Å². The number of fused-ring (bicyclic) bond motifs is 1. The van der Waals surface area contributed by atoms with Crippen LogP contribution in [0.3, 0.4) is 0 Å². The molecule has 16 rings (SSSR count). The number of hydrogen-bond acceptors (Lipinski definition) is 23. The normalized spacial score (nSPS) is 11.6. The lowest BCUT2D eigenvalue weighted by atomic mass is 10.1. The summed E-state index contributed by atoms with van der Waals surface area (Å²) in [5.74, 6) is -3.21. The van der Waals surface area contributed by atoms with Gasteiger partial charge in [-0.2, -0.15) is 32.0 Å². The largest absolute Gasteiger partial charge is 0.496 e. The first-order chi connectivity index (χ1) is 70.4. The quantitative estimate of drug-likeness (QED) is 0.0241. The summed E-state index contributed by atoms with van der Waals surface area (Å²) in [6.07, 6.45) is 4.81. The van der Waals surface area contributed by atoms with Crippen molar-refractivity contribution in [3.63, 3.8) is 0 Å². The van der Waals surface area contributed by atoms with Gasteiger partial charge in [-0.25, -0.2) is 71.0 Å². The predicted octanol–water partition coefficient (Wildman–Crippen LogP) is 17.5. The maximum absolute atomic E-state index is 13.4. The van der Waals surface area contributed by atoms with E-state index in [0.29, 0.717) is 39.6 Å². The van der Waals surface area contributed by atoms with Gasteiger partial charge >= 0.3 is 29.8 Å². The van der Waals surface area contributed by atoms with Gasteiger partial charge in [0.2, 0.25) is 62.8 Å². The molecule has 2 aromatic heterocycles. The molecule has 38 heteroatoms. The number of ether oxygens (including phenoxy) is 4. The van der Waals surface area contributed by atoms with Crippen LogP contribution in [0, 0.1) is 29.6 Å². The summed E-state index contributed by atoms with van der Waals surface area (Å²) in [6, 6.07) is 98.3. The van der Waals surface area contributed by atoms with Crippen molar-refractivity contribution in [3.05, 3.63) is 471 Å². The first kappa shape index (κ1) is 109. The van der Waals surface area contributed by atoms with Crippen LogP contribution in [0.1, 0.15) is 124 Å². The van der Waals surface area contributed by atoms with Crippen LogP contribution in [-0.4, -0.2) is 150 Å². The fourth-order valence-electron chi connectivity index (χ4n) is 14.7. The number of benzene rings is 13. The van der Waals surface area contributed by atoms with Gasteiger partial charge in [-0.15, -0.1) is 0 Å². The van der Waals surface area contributed by atoms with Crippen LogP contribution in [0.5, 0.6) is 23.1 Å². The van der Waals surface area contributed by atoms with E-state index in [4.69, 9.17) is 49.7 Å². The minimum absolute atomic E-state index is 0.00660. The number of aromatic nitrogens is 2. The van der Waals surface area contributed by atoms with Gasteiger partial charge in [-0.1, -0.05) is 182 Å². The molecular formula is C109H97N9O24S5. The molecule has 0 spiro atoms. The number of pyridine rings is 2. The molecular weight excluding hydrogens is 1980 g/mol. The van der Waals surface area contributed by atoms with Gasteiger partial charge in [0.05, 0.1) is 89.8 Å². The number of nitrogens with zero attached hydrogens (tertiary/aromatic N) is 9. The predicted molar refractivity (Wildman–Crippen MR) is 543 cm³/mol. The van der Waals surface area contributed by atoms with Crippen molar-refractivity contribution in [3.8, 4) is 35.3 Å². The highest BCUT2D eigenvalue weighted by Gasteiger charge is 2.33. The highest BCUT2D eigenvalue weighted by Crippen LogP contribution is 2.36. The zero-order valence-electron chi connectivity index (χ0n) is 79.1. The second-order valence-electron chi connectivity index (χ2n) is 32.6. The van der Waals surface area contributed by atoms with Crippen molar-refractivity contribution >= 4 is 80.0 Å². The average Bonchev–Trinajstić information content (AvgIpc) is 1.55. The number of hydrogen-bond donors (Lipinski definition) is 5. The van der Waals surface area contributed by atoms with Gasteiger partial charge in [0.15, 0.2) is 11.5 Å². The molecule has 3 heterocycles. The molecule has 147 heavy (non-hydrogen) atoms. The summed E-state index contributed by atoms with van der Waals surface area (Å²) < 4.78 is 161. The number of carboxylic acids is 5. The SMILES string of the molecule is COc1ccc(CN(Cc2ccccc2)S(=O)(=O)c2ccc(C(=O)O)cc2)cn1.COc1ccc(CN(Cc2cccnc2)S(=O)(=O)c2ccc(C(=O)O)cc2)cc1C.N#Cc1ccc(CN(Cc2ccccc2)S(=O)(=O)c2ccc(C(=O)O)cc2)cc1.N#Cc1ccccc1CN(Cc1ccccc1)S(=O)(=O)c1ccc(C(=O)O)cc1.O=C(O)c1ccc(S(=O)(=O)N(Cc2ccccc2)Cc2ccc3c(c2)OCO3)cc1. The smallest absolute Gasteiger partial charge is 0.335 e. The number of sulfonamides is 5. The highest BCUT2D eigenvalue weighted by atomic mass is 32.2. The number of methoxy groups -OCH3 is 2. The summed E-state index contributed by atoms with van der Waals surface area (Å²) in [7, 11) is -16.4. The number of aromatic carboxylic acids is 5. The Morgan fingerprint density at radius 3 is 0.932 bits per heavy atom. The molecule has 752 valence electrons. The van der Waals surface area contributed by atoms with Crippen LogP contribution >= 0.6 is 0 Å². The zero-order valence-corrected chi connectivity index (χ0v) is 83.1. The fraction of sp³-hybridized carbons (Fsp3) is 0.128. The summed E-state index contributed by atoms with van der Waals surface area (Å²) in [4.78, 5) is 63.6. The summed E-state index contributed by atoms with van der Waals surface area (Å²) in [6.45, 7) is 3.26. The van der Waals surface area contributed by atoms with Crippen LogP contribution in [0.2, 0.25) is 0 Å². The van der Waals surface area contributed by atoms with Crippen molar-refractivity contribution in [1.82, 2.24) is 31.5 Å². The summed E-state index contributed by atoms with van der Waals surface area (Å²) >= 11 is 0. The van der Waals surface area contributed by atoms with E-state index in [-0.39, 0.29) is 125 Å². The molecule has 5 N–H and O–H groups in total. The molecule has 0 atom stereocenters. The van der Waals surface area contributed by atoms with Gasteiger partial charge in [0, 0.05) is 90.1 Å². The number of aryl methyl sites for hydroxylation is 1. The summed E-state index contributed by atoms with van der Waals surface area (Å²) in [5.41, 5.74) is 9.54. The first-order valence-corrected chi connectivity index (χ1v) is 51.9. The molecule has 0 radical (unpaired) electrons. The Labute approximate surface area is 850 Å². The molecule has 33 nitrogen and oxygen atoms in total. The summed E-state index contributed by atoms with van der Waals surface area (Å²) in [5, 5.41) is 63.6. The van der Waals surface area contributed by atoms with Crippen LogP contribution in [0.15, 0.2) is 395 Å². The third-order valence-corrected chi connectivity index (χ3v) is 31.5. The number of carbonyl (C=O) groups is 5. The third-order valence-electron chi connectivity index (χ3n) is 22.5. The van der Waals surface area contributed by atoms with E-state index in [2.05, 4.69) is 16.0 Å². The standard InChI is InChI=1S/C22H22N2O5S.2C22H18N2O4S.C22H19NO6S.C21H20N2O5S/c1-16-12-17(5-10-21(16)29-2)14-24(15-18-4-3-11-23-13-18)30(27,28)20-8-6-19(7-9-20)22(25)26;23-14-19-8-4-5-9-20(19)16-24(15-17-6-2-1-3-7-17)29(27,28)21-12-10-18(11-13-21)22(25)26;23-14-17-6-8-19(9-7-17)16-24(15-18-4-2-1-3-5-18)29(27,28)21-12-10-20(11-13-21)22(25)26;24-22(25)18-7-9-19(10-8-18)30(26,27)23(13-16-4-2-1-3-5-16)14-17-6-11-20-21(12-17)29-15-28-20;1-28-20-12-7-17(13-22-20)15-23(14-16-5-3-2-4-6-16)29(26,27)19-10-8-18(9-11-19)21(24)25/h3-13H,14-15H2,1-2H3,(H,25,26);2*1-13H,15-16H2,(H,25,26);1-12H,13-15H2,(H,24,25);2-13H,14-15H2,1H3,(H,24,25). The molecule has 0 saturated heterocycles. The van der Waals surface area contributed by atoms with Crippen molar-refractivity contribution in [2.45, 2.75) is 96.8 Å². The molecule has 15 aromatic rings. The van der Waals surface area contributed by atoms with Gasteiger partial charge in [0.25, 0.3) is 0 Å². The van der Waals surface area contributed by atoms with Crippen molar-refractivity contribution in [2.75, 3.05) is 21.0 Å². The van der Waals surface area contributed by atoms with Crippen molar-refractivity contribution in [1.29, 1.82) is 10.5 Å². The Balaban J connectivity index is 0.000000163. The minimum atomic E-state index is -3.93. The molecule has 0 aliphatic carbocycles. The molecule has 0 fully saturated rings. The molecule has 0 amide bonds. The van der Waals surface area contributed by atoms with Crippen LogP contribution in [0.4, 0.5) is 0 Å². The molecule has 0 bridgehead atoms. The van der Waals surface area contributed by atoms with E-state index >= 15 is 0 Å². The fourth-order valence-corrected chi connectivity index (χ4v) is 21.8. The average molecular weight is 2080 g/mol. The lowest BCUT2D eigenvalue weighted by molar-refractivity contribution is 0.0686. The van der Waals surface area contributed by atoms with E-state index in [1.54, 1.807) is 117 Å². The number of carboxylic acid groups (broad SMARTS) is 5. The molecule has 1 aliphatic heterocycles. The lowest BCUT2D eigenvalue weighted by Gasteiger charge is -2.23. The van der Waals surface area contributed by atoms with Gasteiger partial charge < -0.3 is 44.5 Å². The Morgan fingerprint density at radius 1 is 0.313 bits per heavy atom. The van der Waals surface area contributed by atoms with E-state index in [9.17, 15) is 71.3 Å². The third kappa shape index (κ3) is 30.0. The van der Waals surface area contributed by atoms with E-state index < -0.39 is 80.0 Å². The Bertz CT molecular complexity index is 7790. The minimum Gasteiger partial charge on any atom is -0.496 e. The van der Waals surface area contributed by atoms with E-state index in [0.717, 1.165) is 55.8 Å². The van der Waals surface area contributed by atoms with Gasteiger partial charge in [0.1, 0.15) is 5.75 Å². The topological polar surface area (TPSA) is 484 Å². The molecule has 13 aromatic carbocycles. The van der Waals surface area contributed by atoms with Gasteiger partial charge in [-0.3, -0.25) is 4.98 Å². The molecule has 0 unspecified atom stereocenters. The Hall–Kier alpha value is -16.8. The van der Waals surface area contributed by atoms with E-state index in [1.807, 2.05) is 153 Å². The van der Waals surface area contributed by atoms with Gasteiger partial charge in [-0.05, 0) is 232 Å². The second kappa shape index (κ2) is 51.0. The number of rotatable bonds is 37. The first-order valence-electron chi connectivity index (χ1n) is 44.7. The monoisotopic (exact) mass is 2080 g/mol. The van der Waals surface area contributed by atoms with Crippen LogP contribution in [0.25, 0.3) is 0 Å². The Morgan fingerprint density at radius 2 is 0.612 bits per heavy atom. The maximum atomic E-state index is 13.4. The molecule has 0 saturated carbocycles.